The Morgan fingerprint density at radius 1 is 0.938 bits per heavy atom. The normalized spacial score (nSPS) is 15.2. The molecule has 3 aromatic carbocycles. The fourth-order valence-corrected chi connectivity index (χ4v) is 4.04. The highest BCUT2D eigenvalue weighted by Crippen LogP contribution is 2.28. The van der Waals surface area contributed by atoms with Crippen molar-refractivity contribution in [1.29, 1.82) is 0 Å². The number of non-ortho nitro benzene ring substituents is 1. The third kappa shape index (κ3) is 4.78. The summed E-state index contributed by atoms with van der Waals surface area (Å²) >= 11 is 0. The van der Waals surface area contributed by atoms with Gasteiger partial charge in [-0.2, -0.15) is 0 Å². The maximum atomic E-state index is 13.0. The van der Waals surface area contributed by atoms with Gasteiger partial charge in [-0.1, -0.05) is 54.6 Å². The Bertz CT molecular complexity index is 1100. The summed E-state index contributed by atoms with van der Waals surface area (Å²) in [5.41, 5.74) is 3.78. The van der Waals surface area contributed by atoms with Crippen molar-refractivity contribution < 1.29 is 9.72 Å². The largest absolute Gasteiger partial charge is 0.369 e. The Balaban J connectivity index is 1.39. The molecule has 1 fully saturated rings. The van der Waals surface area contributed by atoms with Crippen LogP contribution in [0.15, 0.2) is 78.9 Å². The number of para-hydroxylation sites is 1. The van der Waals surface area contributed by atoms with Crippen LogP contribution in [0, 0.1) is 10.1 Å². The summed E-state index contributed by atoms with van der Waals surface area (Å²) in [7, 11) is 0. The van der Waals surface area contributed by atoms with E-state index in [1.54, 1.807) is 12.1 Å². The number of nitro groups is 1. The number of nitrogens with one attached hydrogen (secondary N) is 1. The van der Waals surface area contributed by atoms with Gasteiger partial charge in [-0.05, 0) is 24.6 Å². The van der Waals surface area contributed by atoms with Crippen LogP contribution in [0.1, 0.15) is 6.92 Å². The maximum absolute atomic E-state index is 13.0. The zero-order valence-corrected chi connectivity index (χ0v) is 18.0. The number of nitro benzene ring substituents is 1. The van der Waals surface area contributed by atoms with Crippen molar-refractivity contribution in [3.8, 4) is 11.1 Å². The van der Waals surface area contributed by atoms with Crippen LogP contribution in [-0.2, 0) is 4.79 Å². The van der Waals surface area contributed by atoms with E-state index in [0.29, 0.717) is 26.2 Å². The monoisotopic (exact) mass is 430 g/mol. The van der Waals surface area contributed by atoms with Gasteiger partial charge < -0.3 is 10.2 Å². The SMILES string of the molecule is CC(C(=O)Nc1ccccc1-c1ccccc1)N1CCN(c2cccc([N+](=O)[O-])c2)CC1. The Morgan fingerprint density at radius 2 is 1.62 bits per heavy atom. The molecule has 1 unspecified atom stereocenters. The molecule has 32 heavy (non-hydrogen) atoms. The number of hydrogen-bond donors (Lipinski definition) is 1. The minimum absolute atomic E-state index is 0.0443. The van der Waals surface area contributed by atoms with Crippen molar-refractivity contribution in [3.05, 3.63) is 89.0 Å². The lowest BCUT2D eigenvalue weighted by Crippen LogP contribution is -2.52. The standard InChI is InChI=1S/C25H26N4O3/c1-19(25(30)26-24-13-6-5-12-23(24)20-8-3-2-4-9-20)27-14-16-28(17-15-27)21-10-7-11-22(18-21)29(31)32/h2-13,18-19H,14-17H2,1H3,(H,26,30). The summed E-state index contributed by atoms with van der Waals surface area (Å²) in [6.07, 6.45) is 0. The Labute approximate surface area is 187 Å². The van der Waals surface area contributed by atoms with Crippen LogP contribution in [0.3, 0.4) is 0 Å². The van der Waals surface area contributed by atoms with Crippen LogP contribution < -0.4 is 10.2 Å². The molecule has 0 bridgehead atoms. The van der Waals surface area contributed by atoms with Crippen molar-refractivity contribution in [1.82, 2.24) is 4.90 Å². The number of carbonyl (C=O) groups is 1. The first-order valence-electron chi connectivity index (χ1n) is 10.7. The number of rotatable bonds is 6. The van der Waals surface area contributed by atoms with Crippen molar-refractivity contribution in [2.45, 2.75) is 13.0 Å². The lowest BCUT2D eigenvalue weighted by Gasteiger charge is -2.38. The summed E-state index contributed by atoms with van der Waals surface area (Å²) < 4.78 is 0. The molecule has 1 saturated heterocycles. The molecule has 0 saturated carbocycles. The first-order chi connectivity index (χ1) is 15.5. The van der Waals surface area contributed by atoms with E-state index in [-0.39, 0.29) is 22.6 Å². The number of benzene rings is 3. The van der Waals surface area contributed by atoms with E-state index >= 15 is 0 Å². The predicted molar refractivity (Wildman–Crippen MR) is 127 cm³/mol. The molecule has 0 aliphatic carbocycles. The molecule has 1 N–H and O–H groups in total. The Morgan fingerprint density at radius 3 is 2.34 bits per heavy atom. The molecule has 1 aliphatic rings. The summed E-state index contributed by atoms with van der Waals surface area (Å²) in [4.78, 5) is 28.0. The minimum atomic E-state index is -0.376. The Hall–Kier alpha value is -3.71. The van der Waals surface area contributed by atoms with E-state index < -0.39 is 0 Å². The van der Waals surface area contributed by atoms with E-state index in [0.717, 1.165) is 22.5 Å². The Kier molecular flexibility index (Phi) is 6.47. The van der Waals surface area contributed by atoms with E-state index in [1.165, 1.54) is 6.07 Å². The summed E-state index contributed by atoms with van der Waals surface area (Å²) in [6.45, 7) is 4.75. The predicted octanol–water partition coefficient (Wildman–Crippen LogP) is 4.41. The molecule has 4 rings (SSSR count). The van der Waals surface area contributed by atoms with Crippen LogP contribution >= 0.6 is 0 Å². The highest BCUT2D eigenvalue weighted by Gasteiger charge is 2.26. The van der Waals surface area contributed by atoms with E-state index in [9.17, 15) is 14.9 Å². The summed E-state index contributed by atoms with van der Waals surface area (Å²) in [5, 5.41) is 14.2. The highest BCUT2D eigenvalue weighted by molar-refractivity contribution is 5.98. The number of piperazine rings is 1. The zero-order valence-electron chi connectivity index (χ0n) is 18.0. The summed E-state index contributed by atoms with van der Waals surface area (Å²) in [6, 6.07) is 24.2. The fourth-order valence-electron chi connectivity index (χ4n) is 4.04. The third-order valence-corrected chi connectivity index (χ3v) is 5.92. The molecule has 3 aromatic rings. The molecule has 1 atom stereocenters. The van der Waals surface area contributed by atoms with Gasteiger partial charge in [0.25, 0.3) is 5.69 Å². The van der Waals surface area contributed by atoms with E-state index in [1.807, 2.05) is 67.6 Å². The smallest absolute Gasteiger partial charge is 0.271 e. The average molecular weight is 431 g/mol. The van der Waals surface area contributed by atoms with Crippen molar-refractivity contribution in [3.63, 3.8) is 0 Å². The van der Waals surface area contributed by atoms with Gasteiger partial charge in [-0.25, -0.2) is 0 Å². The number of hydrogen-bond acceptors (Lipinski definition) is 5. The highest BCUT2D eigenvalue weighted by atomic mass is 16.6. The van der Waals surface area contributed by atoms with Crippen LogP contribution in [0.4, 0.5) is 17.1 Å². The molecule has 7 heteroatoms. The van der Waals surface area contributed by atoms with Crippen LogP contribution in [-0.4, -0.2) is 48.0 Å². The van der Waals surface area contributed by atoms with E-state index in [2.05, 4.69) is 15.1 Å². The summed E-state index contributed by atoms with van der Waals surface area (Å²) in [5.74, 6) is -0.0443. The first-order valence-corrected chi connectivity index (χ1v) is 10.7. The number of carbonyl (C=O) groups excluding carboxylic acids is 1. The van der Waals surface area contributed by atoms with Gasteiger partial charge in [0.15, 0.2) is 0 Å². The van der Waals surface area contributed by atoms with Crippen LogP contribution in [0.25, 0.3) is 11.1 Å². The van der Waals surface area contributed by atoms with Crippen molar-refractivity contribution >= 4 is 23.0 Å². The lowest BCUT2D eigenvalue weighted by atomic mass is 10.0. The average Bonchev–Trinajstić information content (AvgIpc) is 2.84. The third-order valence-electron chi connectivity index (χ3n) is 5.92. The lowest BCUT2D eigenvalue weighted by molar-refractivity contribution is -0.384. The molecular formula is C25H26N4O3. The molecule has 0 spiro atoms. The second-order valence-electron chi connectivity index (χ2n) is 7.88. The number of anilines is 2. The second kappa shape index (κ2) is 9.62. The maximum Gasteiger partial charge on any atom is 0.271 e. The number of nitrogens with zero attached hydrogens (tertiary/aromatic N) is 3. The van der Waals surface area contributed by atoms with Crippen molar-refractivity contribution in [2.75, 3.05) is 36.4 Å². The molecule has 1 aliphatic heterocycles. The van der Waals surface area contributed by atoms with Gasteiger partial charge in [-0.15, -0.1) is 0 Å². The van der Waals surface area contributed by atoms with Crippen LogP contribution in [0.5, 0.6) is 0 Å². The molecule has 1 heterocycles. The minimum Gasteiger partial charge on any atom is -0.369 e. The van der Waals surface area contributed by atoms with Gasteiger partial charge in [0.2, 0.25) is 5.91 Å². The quantitative estimate of drug-likeness (QED) is 0.463. The van der Waals surface area contributed by atoms with Gasteiger partial charge in [0.1, 0.15) is 0 Å². The molecule has 0 radical (unpaired) electrons. The molecule has 0 aromatic heterocycles. The van der Waals surface area contributed by atoms with Crippen LogP contribution in [0.2, 0.25) is 0 Å². The van der Waals surface area contributed by atoms with E-state index in [4.69, 9.17) is 0 Å². The zero-order chi connectivity index (χ0) is 22.5. The van der Waals surface area contributed by atoms with Gasteiger partial charge >= 0.3 is 0 Å². The first kappa shape index (κ1) is 21.5. The molecule has 7 nitrogen and oxygen atoms in total. The fraction of sp³-hybridized carbons (Fsp3) is 0.240. The van der Waals surface area contributed by atoms with Crippen molar-refractivity contribution in [2.24, 2.45) is 0 Å². The molecular weight excluding hydrogens is 404 g/mol. The van der Waals surface area contributed by atoms with Gasteiger partial charge in [-0.3, -0.25) is 19.8 Å². The second-order valence-corrected chi connectivity index (χ2v) is 7.88. The topological polar surface area (TPSA) is 78.7 Å². The van der Waals surface area contributed by atoms with Gasteiger partial charge in [0, 0.05) is 55.2 Å². The van der Waals surface area contributed by atoms with Gasteiger partial charge in [0.05, 0.1) is 11.0 Å². The molecule has 1 amide bonds. The molecule has 164 valence electrons. The number of amides is 1.